The van der Waals surface area contributed by atoms with Crippen LogP contribution in [0.4, 0.5) is 0 Å². The van der Waals surface area contributed by atoms with Crippen molar-refractivity contribution in [2.75, 3.05) is 7.11 Å². The molecular formula is C16H13ClN2O2. The van der Waals surface area contributed by atoms with Crippen molar-refractivity contribution in [3.05, 3.63) is 52.5 Å². The van der Waals surface area contributed by atoms with Gasteiger partial charge in [0.25, 0.3) is 0 Å². The van der Waals surface area contributed by atoms with Crippen LogP contribution in [0.5, 0.6) is 0 Å². The number of carbonyl (C=O) groups excluding carboxylic acids is 1. The molecule has 0 saturated carbocycles. The van der Waals surface area contributed by atoms with E-state index in [1.54, 1.807) is 12.1 Å². The topological polar surface area (TPSA) is 55.0 Å². The molecule has 106 valence electrons. The molecule has 1 aromatic heterocycles. The largest absolute Gasteiger partial charge is 0.465 e. The summed E-state index contributed by atoms with van der Waals surface area (Å²) in [5, 5.41) is 0.682. The first-order chi connectivity index (χ1) is 10.1. The zero-order valence-corrected chi connectivity index (χ0v) is 12.4. The first kappa shape index (κ1) is 13.6. The standard InChI is InChI=1S/C16H13ClN2O2/c1-9-10(5-3-7-12(9)17)15-18-13-8-4-6-11(14(13)19-15)16(20)21-2/h3-8H,1-2H3,(H,18,19). The second-order valence-corrected chi connectivity index (χ2v) is 5.10. The van der Waals surface area contributed by atoms with Gasteiger partial charge in [-0.3, -0.25) is 0 Å². The summed E-state index contributed by atoms with van der Waals surface area (Å²) in [5.74, 6) is 0.280. The predicted molar refractivity (Wildman–Crippen MR) is 82.6 cm³/mol. The van der Waals surface area contributed by atoms with Gasteiger partial charge >= 0.3 is 5.97 Å². The summed E-state index contributed by atoms with van der Waals surface area (Å²) < 4.78 is 4.79. The Morgan fingerprint density at radius 3 is 2.76 bits per heavy atom. The summed E-state index contributed by atoms with van der Waals surface area (Å²) in [7, 11) is 1.36. The van der Waals surface area contributed by atoms with E-state index in [2.05, 4.69) is 9.97 Å². The average Bonchev–Trinajstić information content (AvgIpc) is 2.92. The summed E-state index contributed by atoms with van der Waals surface area (Å²) in [4.78, 5) is 19.6. The van der Waals surface area contributed by atoms with E-state index in [1.165, 1.54) is 7.11 Å². The number of nitrogens with one attached hydrogen (secondary N) is 1. The molecular weight excluding hydrogens is 288 g/mol. The minimum Gasteiger partial charge on any atom is -0.465 e. The molecule has 2 aromatic carbocycles. The predicted octanol–water partition coefficient (Wildman–Crippen LogP) is 3.98. The lowest BCUT2D eigenvalue weighted by Gasteiger charge is -2.03. The zero-order chi connectivity index (χ0) is 15.0. The lowest BCUT2D eigenvalue weighted by molar-refractivity contribution is 0.0603. The first-order valence-electron chi connectivity index (χ1n) is 6.44. The molecule has 3 rings (SSSR count). The Hall–Kier alpha value is -2.33. The number of rotatable bonds is 2. The summed E-state index contributed by atoms with van der Waals surface area (Å²) in [6, 6.07) is 11.0. The zero-order valence-electron chi connectivity index (χ0n) is 11.6. The van der Waals surface area contributed by atoms with Crippen LogP contribution in [0.1, 0.15) is 15.9 Å². The van der Waals surface area contributed by atoms with E-state index in [1.807, 2.05) is 31.2 Å². The van der Waals surface area contributed by atoms with Crippen LogP contribution < -0.4 is 0 Å². The minimum absolute atomic E-state index is 0.401. The second kappa shape index (κ2) is 5.22. The summed E-state index contributed by atoms with van der Waals surface area (Å²) >= 11 is 6.15. The molecule has 0 radical (unpaired) electrons. The Balaban J connectivity index is 2.22. The second-order valence-electron chi connectivity index (χ2n) is 4.69. The molecule has 3 aromatic rings. The molecule has 4 nitrogen and oxygen atoms in total. The van der Waals surface area contributed by atoms with Crippen LogP contribution in [0.15, 0.2) is 36.4 Å². The number of carbonyl (C=O) groups is 1. The number of nitrogens with zero attached hydrogens (tertiary/aromatic N) is 1. The molecule has 0 fully saturated rings. The number of hydrogen-bond donors (Lipinski definition) is 1. The Bertz CT molecular complexity index is 839. The van der Waals surface area contributed by atoms with Gasteiger partial charge in [-0.05, 0) is 30.7 Å². The fraction of sp³-hybridized carbons (Fsp3) is 0.125. The summed E-state index contributed by atoms with van der Waals surface area (Å²) in [6.45, 7) is 1.94. The molecule has 0 aliphatic heterocycles. The molecule has 0 atom stereocenters. The molecule has 1 N–H and O–H groups in total. The van der Waals surface area contributed by atoms with Gasteiger partial charge in [-0.15, -0.1) is 0 Å². The lowest BCUT2D eigenvalue weighted by Crippen LogP contribution is -2.01. The molecule has 0 aliphatic rings. The molecule has 1 heterocycles. The highest BCUT2D eigenvalue weighted by molar-refractivity contribution is 6.31. The van der Waals surface area contributed by atoms with Crippen molar-refractivity contribution >= 4 is 28.6 Å². The molecule has 0 saturated heterocycles. The van der Waals surface area contributed by atoms with Crippen molar-refractivity contribution in [3.63, 3.8) is 0 Å². The number of para-hydroxylation sites is 1. The number of benzene rings is 2. The molecule has 21 heavy (non-hydrogen) atoms. The van der Waals surface area contributed by atoms with Gasteiger partial charge in [-0.2, -0.15) is 0 Å². The third-order valence-electron chi connectivity index (χ3n) is 3.44. The van der Waals surface area contributed by atoms with Crippen molar-refractivity contribution in [3.8, 4) is 11.4 Å². The number of aromatic nitrogens is 2. The fourth-order valence-corrected chi connectivity index (χ4v) is 2.47. The maximum Gasteiger partial charge on any atom is 0.340 e. The maximum atomic E-state index is 11.8. The Labute approximate surface area is 126 Å². The van der Waals surface area contributed by atoms with Crippen LogP contribution >= 0.6 is 11.6 Å². The van der Waals surface area contributed by atoms with Gasteiger partial charge in [-0.25, -0.2) is 9.78 Å². The van der Waals surface area contributed by atoms with Crippen molar-refractivity contribution in [1.29, 1.82) is 0 Å². The third-order valence-corrected chi connectivity index (χ3v) is 3.85. The van der Waals surface area contributed by atoms with Crippen LogP contribution in [0, 0.1) is 6.92 Å². The van der Waals surface area contributed by atoms with Crippen molar-refractivity contribution in [1.82, 2.24) is 9.97 Å². The highest BCUT2D eigenvalue weighted by Crippen LogP contribution is 2.29. The number of H-pyrrole nitrogens is 1. The van der Waals surface area contributed by atoms with Crippen molar-refractivity contribution < 1.29 is 9.53 Å². The van der Waals surface area contributed by atoms with E-state index in [4.69, 9.17) is 16.3 Å². The number of imidazole rings is 1. The number of esters is 1. The van der Waals surface area contributed by atoms with Crippen LogP contribution in [0.25, 0.3) is 22.4 Å². The van der Waals surface area contributed by atoms with E-state index in [-0.39, 0.29) is 0 Å². The van der Waals surface area contributed by atoms with Crippen LogP contribution in [-0.2, 0) is 4.74 Å². The lowest BCUT2D eigenvalue weighted by atomic mass is 10.1. The summed E-state index contributed by atoms with van der Waals surface area (Å²) in [6.07, 6.45) is 0. The van der Waals surface area contributed by atoms with Crippen molar-refractivity contribution in [2.24, 2.45) is 0 Å². The number of aromatic amines is 1. The normalized spacial score (nSPS) is 10.8. The molecule has 0 unspecified atom stereocenters. The highest BCUT2D eigenvalue weighted by atomic mass is 35.5. The Morgan fingerprint density at radius 1 is 1.24 bits per heavy atom. The molecule has 0 amide bonds. The Morgan fingerprint density at radius 2 is 2.00 bits per heavy atom. The smallest absolute Gasteiger partial charge is 0.340 e. The van der Waals surface area contributed by atoms with Crippen molar-refractivity contribution in [2.45, 2.75) is 6.92 Å². The van der Waals surface area contributed by atoms with Gasteiger partial charge in [0.1, 0.15) is 11.3 Å². The van der Waals surface area contributed by atoms with E-state index < -0.39 is 5.97 Å². The maximum absolute atomic E-state index is 11.8. The molecule has 0 aliphatic carbocycles. The third kappa shape index (κ3) is 2.28. The van der Waals surface area contributed by atoms with E-state index in [0.29, 0.717) is 21.9 Å². The number of halogens is 1. The van der Waals surface area contributed by atoms with Gasteiger partial charge in [-0.1, -0.05) is 29.8 Å². The Kier molecular flexibility index (Phi) is 3.39. The quantitative estimate of drug-likeness (QED) is 0.728. The monoisotopic (exact) mass is 300 g/mol. The van der Waals surface area contributed by atoms with Gasteiger partial charge in [0, 0.05) is 10.6 Å². The average molecular weight is 301 g/mol. The number of fused-ring (bicyclic) bond motifs is 1. The van der Waals surface area contributed by atoms with E-state index in [0.717, 1.165) is 16.6 Å². The van der Waals surface area contributed by atoms with Crippen LogP contribution in [0.3, 0.4) is 0 Å². The number of methoxy groups -OCH3 is 1. The van der Waals surface area contributed by atoms with Crippen LogP contribution in [-0.4, -0.2) is 23.0 Å². The minimum atomic E-state index is -0.401. The SMILES string of the molecule is COC(=O)c1cccc2[nH]c(-c3cccc(Cl)c3C)nc12. The van der Waals surface area contributed by atoms with Crippen LogP contribution in [0.2, 0.25) is 5.02 Å². The van der Waals surface area contributed by atoms with E-state index >= 15 is 0 Å². The first-order valence-corrected chi connectivity index (χ1v) is 6.82. The number of ether oxygens (including phenoxy) is 1. The van der Waals surface area contributed by atoms with Gasteiger partial charge in [0.15, 0.2) is 0 Å². The van der Waals surface area contributed by atoms with Gasteiger partial charge < -0.3 is 9.72 Å². The summed E-state index contributed by atoms with van der Waals surface area (Å²) in [5.41, 5.74) is 3.68. The molecule has 0 bridgehead atoms. The molecule has 5 heteroatoms. The molecule has 0 spiro atoms. The highest BCUT2D eigenvalue weighted by Gasteiger charge is 2.15. The van der Waals surface area contributed by atoms with Gasteiger partial charge in [0.05, 0.1) is 18.2 Å². The van der Waals surface area contributed by atoms with E-state index in [9.17, 15) is 4.79 Å². The number of hydrogen-bond acceptors (Lipinski definition) is 3. The fourth-order valence-electron chi connectivity index (χ4n) is 2.30. The van der Waals surface area contributed by atoms with Gasteiger partial charge in [0.2, 0.25) is 0 Å².